The molecular formula is C10H15NO. The van der Waals surface area contributed by atoms with Crippen molar-refractivity contribution in [2.24, 2.45) is 11.7 Å². The summed E-state index contributed by atoms with van der Waals surface area (Å²) in [6.45, 7) is 0. The third-order valence-corrected chi connectivity index (χ3v) is 3.06. The predicted octanol–water partition coefficient (Wildman–Crippen LogP) is 0.960. The van der Waals surface area contributed by atoms with Crippen molar-refractivity contribution in [3.8, 4) is 0 Å². The molecular weight excluding hydrogens is 150 g/mol. The maximum Gasteiger partial charge on any atom is 0.0691 e. The van der Waals surface area contributed by atoms with Gasteiger partial charge in [-0.2, -0.15) is 0 Å². The van der Waals surface area contributed by atoms with Crippen molar-refractivity contribution in [3.05, 3.63) is 17.9 Å². The molecule has 2 bridgehead atoms. The lowest BCUT2D eigenvalue weighted by Gasteiger charge is -2.23. The van der Waals surface area contributed by atoms with E-state index >= 15 is 0 Å². The summed E-state index contributed by atoms with van der Waals surface area (Å²) in [5.41, 5.74) is 8.45. The number of fused-ring (bicyclic) bond motifs is 2. The van der Waals surface area contributed by atoms with Gasteiger partial charge in [-0.05, 0) is 37.3 Å². The highest BCUT2D eigenvalue weighted by Gasteiger charge is 2.38. The summed E-state index contributed by atoms with van der Waals surface area (Å²) in [5, 5.41) is 10.0. The van der Waals surface area contributed by atoms with E-state index in [1.54, 1.807) is 0 Å². The van der Waals surface area contributed by atoms with Crippen LogP contribution in [-0.4, -0.2) is 16.7 Å². The van der Waals surface area contributed by atoms with Crippen LogP contribution in [0.15, 0.2) is 17.9 Å². The molecule has 2 rings (SSSR count). The summed E-state index contributed by atoms with van der Waals surface area (Å²) in [4.78, 5) is 0. The minimum atomic E-state index is -0.469. The standard InChI is InChI=1S/C10H15NO/c11-9-3-1-2-5-10(12)6-4-8(9)7-10/h2-3,8-9,12H,4-7,11H2/t1?,8?,9-,10-/m0/s1. The SMILES string of the molecule is N[C@H]1C=C=CC[C@]2(O)CCC1C2. The van der Waals surface area contributed by atoms with Crippen molar-refractivity contribution in [2.75, 3.05) is 0 Å². The van der Waals surface area contributed by atoms with Crippen molar-refractivity contribution < 1.29 is 5.11 Å². The van der Waals surface area contributed by atoms with Gasteiger partial charge < -0.3 is 10.8 Å². The first kappa shape index (κ1) is 8.06. The van der Waals surface area contributed by atoms with E-state index in [0.717, 1.165) is 25.7 Å². The Morgan fingerprint density at radius 3 is 3.25 bits per heavy atom. The fraction of sp³-hybridized carbons (Fsp3) is 0.700. The monoisotopic (exact) mass is 165 g/mol. The van der Waals surface area contributed by atoms with Gasteiger partial charge in [-0.1, -0.05) is 0 Å². The minimum Gasteiger partial charge on any atom is -0.390 e. The van der Waals surface area contributed by atoms with Crippen molar-refractivity contribution >= 4 is 0 Å². The smallest absolute Gasteiger partial charge is 0.0691 e. The molecule has 0 aromatic carbocycles. The maximum atomic E-state index is 10.0. The highest BCUT2D eigenvalue weighted by molar-refractivity contribution is 5.06. The number of hydrogen-bond donors (Lipinski definition) is 2. The number of nitrogens with two attached hydrogens (primary N) is 1. The van der Waals surface area contributed by atoms with E-state index in [1.165, 1.54) is 0 Å². The first-order valence-electron chi connectivity index (χ1n) is 4.59. The Balaban J connectivity index is 2.25. The molecule has 0 saturated heterocycles. The Morgan fingerprint density at radius 2 is 2.42 bits per heavy atom. The van der Waals surface area contributed by atoms with E-state index in [2.05, 4.69) is 5.73 Å². The Kier molecular flexibility index (Phi) is 1.84. The summed E-state index contributed by atoms with van der Waals surface area (Å²) < 4.78 is 0. The second kappa shape index (κ2) is 2.74. The first-order chi connectivity index (χ1) is 5.70. The van der Waals surface area contributed by atoms with E-state index in [1.807, 2.05) is 12.2 Å². The van der Waals surface area contributed by atoms with Crippen LogP contribution in [0.3, 0.4) is 0 Å². The molecule has 2 aliphatic rings. The molecule has 0 heterocycles. The van der Waals surface area contributed by atoms with Gasteiger partial charge in [0.1, 0.15) is 0 Å². The van der Waals surface area contributed by atoms with Crippen LogP contribution in [0.1, 0.15) is 25.7 Å². The van der Waals surface area contributed by atoms with Gasteiger partial charge in [-0.25, -0.2) is 0 Å². The van der Waals surface area contributed by atoms with Crippen molar-refractivity contribution in [2.45, 2.75) is 37.3 Å². The molecule has 3 N–H and O–H groups in total. The fourth-order valence-corrected chi connectivity index (χ4v) is 2.22. The largest absolute Gasteiger partial charge is 0.390 e. The maximum absolute atomic E-state index is 10.0. The normalized spacial score (nSPS) is 45.8. The van der Waals surface area contributed by atoms with Crippen LogP contribution in [0, 0.1) is 5.92 Å². The summed E-state index contributed by atoms with van der Waals surface area (Å²) in [6.07, 6.45) is 7.40. The second-order valence-electron chi connectivity index (χ2n) is 4.05. The van der Waals surface area contributed by atoms with Gasteiger partial charge in [0, 0.05) is 12.5 Å². The molecule has 1 unspecified atom stereocenters. The van der Waals surface area contributed by atoms with Crippen LogP contribution < -0.4 is 5.73 Å². The van der Waals surface area contributed by atoms with E-state index < -0.39 is 5.60 Å². The van der Waals surface area contributed by atoms with Gasteiger partial charge in [-0.15, -0.1) is 5.73 Å². The van der Waals surface area contributed by atoms with E-state index in [0.29, 0.717) is 5.92 Å². The predicted molar refractivity (Wildman–Crippen MR) is 47.5 cm³/mol. The lowest BCUT2D eigenvalue weighted by Crippen LogP contribution is -2.30. The van der Waals surface area contributed by atoms with Gasteiger partial charge in [0.05, 0.1) is 5.60 Å². The Morgan fingerprint density at radius 1 is 1.58 bits per heavy atom. The molecule has 0 radical (unpaired) electrons. The lowest BCUT2D eigenvalue weighted by molar-refractivity contribution is 0.0456. The average molecular weight is 165 g/mol. The Labute approximate surface area is 72.8 Å². The molecule has 0 aromatic rings. The molecule has 0 spiro atoms. The summed E-state index contributed by atoms with van der Waals surface area (Å²) in [5.74, 6) is 0.469. The zero-order chi connectivity index (χ0) is 8.60. The minimum absolute atomic E-state index is 0.0931. The zero-order valence-corrected chi connectivity index (χ0v) is 7.16. The van der Waals surface area contributed by atoms with Crippen molar-refractivity contribution in [1.29, 1.82) is 0 Å². The van der Waals surface area contributed by atoms with Crippen LogP contribution in [0.2, 0.25) is 0 Å². The van der Waals surface area contributed by atoms with E-state index in [9.17, 15) is 5.11 Å². The van der Waals surface area contributed by atoms with Crippen LogP contribution in [-0.2, 0) is 0 Å². The molecule has 66 valence electrons. The topological polar surface area (TPSA) is 46.2 Å². The molecule has 0 aromatic heterocycles. The third-order valence-electron chi connectivity index (χ3n) is 3.06. The van der Waals surface area contributed by atoms with Gasteiger partial charge in [0.15, 0.2) is 0 Å². The zero-order valence-electron chi connectivity index (χ0n) is 7.16. The first-order valence-corrected chi connectivity index (χ1v) is 4.59. The van der Waals surface area contributed by atoms with Crippen molar-refractivity contribution in [3.63, 3.8) is 0 Å². The molecule has 1 fully saturated rings. The quantitative estimate of drug-likeness (QED) is 0.525. The van der Waals surface area contributed by atoms with Crippen LogP contribution >= 0.6 is 0 Å². The van der Waals surface area contributed by atoms with Gasteiger partial charge in [0.25, 0.3) is 0 Å². The van der Waals surface area contributed by atoms with E-state index in [4.69, 9.17) is 5.73 Å². The molecule has 12 heavy (non-hydrogen) atoms. The molecule has 0 aliphatic heterocycles. The van der Waals surface area contributed by atoms with Gasteiger partial charge in [0.2, 0.25) is 0 Å². The highest BCUT2D eigenvalue weighted by atomic mass is 16.3. The van der Waals surface area contributed by atoms with Gasteiger partial charge in [-0.3, -0.25) is 0 Å². The Bertz CT molecular complexity index is 242. The summed E-state index contributed by atoms with van der Waals surface area (Å²) in [6, 6.07) is 0.0931. The van der Waals surface area contributed by atoms with Crippen LogP contribution in [0.5, 0.6) is 0 Å². The fourth-order valence-electron chi connectivity index (χ4n) is 2.22. The third kappa shape index (κ3) is 1.34. The number of hydrogen-bond acceptors (Lipinski definition) is 2. The molecule has 0 amide bonds. The second-order valence-corrected chi connectivity index (χ2v) is 4.05. The lowest BCUT2D eigenvalue weighted by atomic mass is 9.91. The van der Waals surface area contributed by atoms with Gasteiger partial charge >= 0.3 is 0 Å². The van der Waals surface area contributed by atoms with Crippen LogP contribution in [0.25, 0.3) is 0 Å². The van der Waals surface area contributed by atoms with Crippen LogP contribution in [0.4, 0.5) is 0 Å². The molecule has 2 nitrogen and oxygen atoms in total. The van der Waals surface area contributed by atoms with E-state index in [-0.39, 0.29) is 6.04 Å². The number of aliphatic hydroxyl groups is 1. The molecule has 2 aliphatic carbocycles. The molecule has 3 atom stereocenters. The molecule has 2 heteroatoms. The Hall–Kier alpha value is -0.560. The average Bonchev–Trinajstić information content (AvgIpc) is 2.41. The molecule has 1 saturated carbocycles. The number of rotatable bonds is 0. The highest BCUT2D eigenvalue weighted by Crippen LogP contribution is 2.39. The summed E-state index contributed by atoms with van der Waals surface area (Å²) in [7, 11) is 0. The van der Waals surface area contributed by atoms with Crippen molar-refractivity contribution in [1.82, 2.24) is 0 Å². The summed E-state index contributed by atoms with van der Waals surface area (Å²) >= 11 is 0.